The molecular weight excluding hydrogens is 288 g/mol. The highest BCUT2D eigenvalue weighted by atomic mass is 16.5. The number of carbonyl (C=O) groups is 1. The highest BCUT2D eigenvalue weighted by Crippen LogP contribution is 2.24. The van der Waals surface area contributed by atoms with Crippen molar-refractivity contribution in [3.8, 4) is 0 Å². The van der Waals surface area contributed by atoms with Crippen molar-refractivity contribution in [2.45, 2.75) is 33.1 Å². The van der Waals surface area contributed by atoms with Crippen molar-refractivity contribution >= 4 is 11.6 Å². The van der Waals surface area contributed by atoms with Crippen LogP contribution < -0.4 is 4.90 Å². The van der Waals surface area contributed by atoms with Crippen molar-refractivity contribution in [2.75, 3.05) is 44.3 Å². The summed E-state index contributed by atoms with van der Waals surface area (Å²) in [5.74, 6) is 0.731. The zero-order chi connectivity index (χ0) is 16.2. The van der Waals surface area contributed by atoms with E-state index in [1.165, 1.54) is 16.8 Å². The fourth-order valence-electron chi connectivity index (χ4n) is 3.62. The van der Waals surface area contributed by atoms with E-state index in [0.29, 0.717) is 18.2 Å². The number of hydrogen-bond acceptors (Lipinski definition) is 3. The van der Waals surface area contributed by atoms with Gasteiger partial charge in [0, 0.05) is 51.5 Å². The Labute approximate surface area is 139 Å². The van der Waals surface area contributed by atoms with Gasteiger partial charge in [-0.2, -0.15) is 0 Å². The van der Waals surface area contributed by atoms with Crippen LogP contribution in [0, 0.1) is 19.8 Å². The second-order valence-electron chi connectivity index (χ2n) is 6.87. The van der Waals surface area contributed by atoms with E-state index < -0.39 is 0 Å². The normalized spacial score (nSPS) is 22.3. The van der Waals surface area contributed by atoms with E-state index in [0.717, 1.165) is 52.2 Å². The third-order valence-corrected chi connectivity index (χ3v) is 5.27. The second-order valence-corrected chi connectivity index (χ2v) is 6.87. The molecule has 0 radical (unpaired) electrons. The molecule has 1 atom stereocenters. The molecule has 2 saturated heterocycles. The van der Waals surface area contributed by atoms with Crippen LogP contribution in [0.5, 0.6) is 0 Å². The van der Waals surface area contributed by atoms with Gasteiger partial charge in [0.25, 0.3) is 0 Å². The maximum absolute atomic E-state index is 12.5. The molecule has 0 aromatic heterocycles. The molecule has 1 aromatic rings. The fraction of sp³-hybridized carbons (Fsp3) is 0.632. The predicted octanol–water partition coefficient (Wildman–Crippen LogP) is 2.77. The molecule has 1 unspecified atom stereocenters. The zero-order valence-electron chi connectivity index (χ0n) is 14.4. The molecule has 23 heavy (non-hydrogen) atoms. The van der Waals surface area contributed by atoms with Crippen LogP contribution in [0.2, 0.25) is 0 Å². The van der Waals surface area contributed by atoms with Crippen molar-refractivity contribution in [1.82, 2.24) is 4.90 Å². The SMILES string of the molecule is Cc1cccc(N2CCN(C(=O)CC3CCCOC3)CC2)c1C. The molecule has 0 spiro atoms. The lowest BCUT2D eigenvalue weighted by molar-refractivity contribution is -0.133. The van der Waals surface area contributed by atoms with Crippen molar-refractivity contribution < 1.29 is 9.53 Å². The van der Waals surface area contributed by atoms with Gasteiger partial charge in [0.1, 0.15) is 0 Å². The van der Waals surface area contributed by atoms with Crippen LogP contribution in [0.25, 0.3) is 0 Å². The standard InChI is InChI=1S/C19H28N2O2/c1-15-5-3-7-18(16(15)2)20-8-10-21(11-9-20)19(22)13-17-6-4-12-23-14-17/h3,5,7,17H,4,6,8-14H2,1-2H3. The van der Waals surface area contributed by atoms with Crippen LogP contribution in [-0.4, -0.2) is 50.2 Å². The van der Waals surface area contributed by atoms with E-state index in [9.17, 15) is 4.79 Å². The maximum Gasteiger partial charge on any atom is 0.223 e. The Morgan fingerprint density at radius 1 is 1.22 bits per heavy atom. The molecule has 2 fully saturated rings. The van der Waals surface area contributed by atoms with Crippen LogP contribution in [0.15, 0.2) is 18.2 Å². The van der Waals surface area contributed by atoms with E-state index in [-0.39, 0.29) is 0 Å². The van der Waals surface area contributed by atoms with Gasteiger partial charge in [0.05, 0.1) is 0 Å². The number of carbonyl (C=O) groups excluding carboxylic acids is 1. The number of ether oxygens (including phenoxy) is 1. The van der Waals surface area contributed by atoms with E-state index in [2.05, 4.69) is 36.9 Å². The Morgan fingerprint density at radius 3 is 2.70 bits per heavy atom. The minimum absolute atomic E-state index is 0.307. The molecule has 0 bridgehead atoms. The number of hydrogen-bond donors (Lipinski definition) is 0. The van der Waals surface area contributed by atoms with Crippen LogP contribution >= 0.6 is 0 Å². The van der Waals surface area contributed by atoms with Crippen molar-refractivity contribution in [1.29, 1.82) is 0 Å². The lowest BCUT2D eigenvalue weighted by Gasteiger charge is -2.37. The van der Waals surface area contributed by atoms with Gasteiger partial charge in [-0.05, 0) is 49.8 Å². The first-order chi connectivity index (χ1) is 11.1. The fourth-order valence-corrected chi connectivity index (χ4v) is 3.62. The van der Waals surface area contributed by atoms with E-state index in [4.69, 9.17) is 4.74 Å². The number of anilines is 1. The summed E-state index contributed by atoms with van der Waals surface area (Å²) >= 11 is 0. The molecule has 3 rings (SSSR count). The van der Waals surface area contributed by atoms with Crippen LogP contribution in [0.3, 0.4) is 0 Å². The smallest absolute Gasteiger partial charge is 0.223 e. The third kappa shape index (κ3) is 3.86. The van der Waals surface area contributed by atoms with Gasteiger partial charge in [-0.25, -0.2) is 0 Å². The topological polar surface area (TPSA) is 32.8 Å². The molecule has 126 valence electrons. The molecule has 0 saturated carbocycles. The van der Waals surface area contributed by atoms with Gasteiger partial charge in [-0.3, -0.25) is 4.79 Å². The average Bonchev–Trinajstić information content (AvgIpc) is 2.58. The maximum atomic E-state index is 12.5. The summed E-state index contributed by atoms with van der Waals surface area (Å²) in [6.45, 7) is 9.48. The Morgan fingerprint density at radius 2 is 2.00 bits per heavy atom. The van der Waals surface area contributed by atoms with Gasteiger partial charge >= 0.3 is 0 Å². The second kappa shape index (κ2) is 7.35. The molecule has 2 aliphatic rings. The minimum Gasteiger partial charge on any atom is -0.381 e. The molecule has 1 amide bonds. The molecular formula is C19H28N2O2. The predicted molar refractivity (Wildman–Crippen MR) is 92.9 cm³/mol. The van der Waals surface area contributed by atoms with E-state index in [1.807, 2.05) is 4.90 Å². The summed E-state index contributed by atoms with van der Waals surface area (Å²) in [7, 11) is 0. The first kappa shape index (κ1) is 16.3. The van der Waals surface area contributed by atoms with Crippen molar-refractivity contribution in [2.24, 2.45) is 5.92 Å². The lowest BCUT2D eigenvalue weighted by atomic mass is 9.98. The Bertz CT molecular complexity index is 544. The minimum atomic E-state index is 0.307. The number of rotatable bonds is 3. The summed E-state index contributed by atoms with van der Waals surface area (Å²) in [5.41, 5.74) is 4.00. The van der Waals surface area contributed by atoms with Crippen LogP contribution in [0.1, 0.15) is 30.4 Å². The van der Waals surface area contributed by atoms with Gasteiger partial charge in [-0.1, -0.05) is 12.1 Å². The zero-order valence-corrected chi connectivity index (χ0v) is 14.4. The van der Waals surface area contributed by atoms with E-state index >= 15 is 0 Å². The summed E-state index contributed by atoms with van der Waals surface area (Å²) in [6, 6.07) is 6.47. The summed E-state index contributed by atoms with van der Waals surface area (Å²) in [6.07, 6.45) is 2.88. The van der Waals surface area contributed by atoms with Crippen LogP contribution in [0.4, 0.5) is 5.69 Å². The monoisotopic (exact) mass is 316 g/mol. The molecule has 2 aliphatic heterocycles. The number of aryl methyl sites for hydroxylation is 1. The number of benzene rings is 1. The van der Waals surface area contributed by atoms with Gasteiger partial charge < -0.3 is 14.5 Å². The first-order valence-electron chi connectivity index (χ1n) is 8.82. The average molecular weight is 316 g/mol. The van der Waals surface area contributed by atoms with Crippen molar-refractivity contribution in [3.63, 3.8) is 0 Å². The molecule has 0 N–H and O–H groups in total. The summed E-state index contributed by atoms with van der Waals surface area (Å²) < 4.78 is 5.49. The Kier molecular flexibility index (Phi) is 5.21. The number of amides is 1. The lowest BCUT2D eigenvalue weighted by Crippen LogP contribution is -2.49. The Balaban J connectivity index is 1.53. The number of nitrogens with zero attached hydrogens (tertiary/aromatic N) is 2. The first-order valence-corrected chi connectivity index (χ1v) is 8.82. The molecule has 1 aromatic carbocycles. The van der Waals surface area contributed by atoms with Gasteiger partial charge in [0.15, 0.2) is 0 Å². The number of piperazine rings is 1. The van der Waals surface area contributed by atoms with Gasteiger partial charge in [-0.15, -0.1) is 0 Å². The van der Waals surface area contributed by atoms with Crippen LogP contribution in [-0.2, 0) is 9.53 Å². The summed E-state index contributed by atoms with van der Waals surface area (Å²) in [4.78, 5) is 16.9. The molecule has 4 nitrogen and oxygen atoms in total. The molecule has 4 heteroatoms. The molecule has 2 heterocycles. The quantitative estimate of drug-likeness (QED) is 0.859. The molecule has 0 aliphatic carbocycles. The summed E-state index contributed by atoms with van der Waals surface area (Å²) in [5, 5.41) is 0. The Hall–Kier alpha value is -1.55. The largest absolute Gasteiger partial charge is 0.381 e. The van der Waals surface area contributed by atoms with Crippen molar-refractivity contribution in [3.05, 3.63) is 29.3 Å². The van der Waals surface area contributed by atoms with Gasteiger partial charge in [0.2, 0.25) is 5.91 Å². The highest BCUT2D eigenvalue weighted by Gasteiger charge is 2.25. The highest BCUT2D eigenvalue weighted by molar-refractivity contribution is 5.77. The van der Waals surface area contributed by atoms with E-state index in [1.54, 1.807) is 0 Å². The third-order valence-electron chi connectivity index (χ3n) is 5.27.